The third kappa shape index (κ3) is 5.13. The summed E-state index contributed by atoms with van der Waals surface area (Å²) in [5.41, 5.74) is 0. The third-order valence-corrected chi connectivity index (χ3v) is 4.84. The van der Waals surface area contributed by atoms with Gasteiger partial charge in [0, 0.05) is 13.1 Å². The monoisotopic (exact) mass is 268 g/mol. The average molecular weight is 268 g/mol. The second-order valence-corrected chi connectivity index (χ2v) is 6.51. The van der Waals surface area contributed by atoms with E-state index in [-0.39, 0.29) is 0 Å². The Kier molecular flexibility index (Phi) is 6.25. The van der Waals surface area contributed by atoms with Gasteiger partial charge in [0.15, 0.2) is 5.11 Å². The van der Waals surface area contributed by atoms with Gasteiger partial charge in [-0.2, -0.15) is 0 Å². The van der Waals surface area contributed by atoms with Crippen molar-refractivity contribution in [2.24, 2.45) is 11.8 Å². The van der Waals surface area contributed by atoms with Crippen LogP contribution in [-0.4, -0.2) is 18.2 Å². The van der Waals surface area contributed by atoms with Crippen LogP contribution in [-0.2, 0) is 0 Å². The van der Waals surface area contributed by atoms with Crippen LogP contribution in [0.2, 0.25) is 0 Å². The van der Waals surface area contributed by atoms with Crippen LogP contribution in [0.4, 0.5) is 0 Å². The number of hydrogen-bond acceptors (Lipinski definition) is 1. The molecule has 2 aliphatic carbocycles. The Morgan fingerprint density at radius 1 is 0.722 bits per heavy atom. The highest BCUT2D eigenvalue weighted by Gasteiger charge is 2.15. The summed E-state index contributed by atoms with van der Waals surface area (Å²) in [7, 11) is 0. The van der Waals surface area contributed by atoms with Crippen molar-refractivity contribution in [1.29, 1.82) is 0 Å². The van der Waals surface area contributed by atoms with E-state index in [9.17, 15) is 0 Å². The summed E-state index contributed by atoms with van der Waals surface area (Å²) in [4.78, 5) is 0. The van der Waals surface area contributed by atoms with Crippen molar-refractivity contribution < 1.29 is 0 Å². The van der Waals surface area contributed by atoms with Crippen LogP contribution in [0.1, 0.15) is 64.2 Å². The number of rotatable bonds is 4. The smallest absolute Gasteiger partial charge is 0.166 e. The molecule has 0 aromatic rings. The van der Waals surface area contributed by atoms with Crippen molar-refractivity contribution in [3.63, 3.8) is 0 Å². The maximum Gasteiger partial charge on any atom is 0.166 e. The zero-order valence-corrected chi connectivity index (χ0v) is 12.4. The fraction of sp³-hybridized carbons (Fsp3) is 0.933. The first-order chi connectivity index (χ1) is 8.84. The molecule has 0 saturated heterocycles. The minimum absolute atomic E-state index is 0.855. The Balaban J connectivity index is 1.54. The highest BCUT2D eigenvalue weighted by atomic mass is 32.1. The lowest BCUT2D eigenvalue weighted by atomic mass is 9.89. The van der Waals surface area contributed by atoms with Crippen molar-refractivity contribution >= 4 is 17.3 Å². The fourth-order valence-corrected chi connectivity index (χ4v) is 3.49. The van der Waals surface area contributed by atoms with Crippen LogP contribution in [0.5, 0.6) is 0 Å². The summed E-state index contributed by atoms with van der Waals surface area (Å²) in [6.45, 7) is 2.16. The van der Waals surface area contributed by atoms with Crippen LogP contribution in [0.15, 0.2) is 0 Å². The van der Waals surface area contributed by atoms with Gasteiger partial charge in [0.1, 0.15) is 0 Å². The second-order valence-electron chi connectivity index (χ2n) is 6.10. The first-order valence-corrected chi connectivity index (χ1v) is 8.27. The Morgan fingerprint density at radius 2 is 1.11 bits per heavy atom. The largest absolute Gasteiger partial charge is 0.362 e. The predicted molar refractivity (Wildman–Crippen MR) is 81.8 cm³/mol. The van der Waals surface area contributed by atoms with Crippen LogP contribution < -0.4 is 10.6 Å². The molecule has 0 unspecified atom stereocenters. The fourth-order valence-electron chi connectivity index (χ4n) is 3.32. The van der Waals surface area contributed by atoms with Gasteiger partial charge in [0.05, 0.1) is 0 Å². The van der Waals surface area contributed by atoms with E-state index in [0.717, 1.165) is 30.0 Å². The third-order valence-electron chi connectivity index (χ3n) is 4.55. The van der Waals surface area contributed by atoms with Crippen LogP contribution in [0, 0.1) is 11.8 Å². The molecular weight excluding hydrogens is 240 g/mol. The Morgan fingerprint density at radius 3 is 1.50 bits per heavy atom. The number of hydrogen-bond donors (Lipinski definition) is 2. The summed E-state index contributed by atoms with van der Waals surface area (Å²) in [5.74, 6) is 1.71. The molecule has 3 heteroatoms. The van der Waals surface area contributed by atoms with E-state index in [1.807, 2.05) is 0 Å². The van der Waals surface area contributed by atoms with Crippen molar-refractivity contribution in [2.75, 3.05) is 13.1 Å². The van der Waals surface area contributed by atoms with Gasteiger partial charge in [0.25, 0.3) is 0 Å². The molecule has 2 aliphatic rings. The zero-order valence-electron chi connectivity index (χ0n) is 11.5. The standard InChI is InChI=1S/C15H28N2S/c18-15(16-11-13-7-3-1-4-8-13)17-12-14-9-5-2-6-10-14/h13-14H,1-12H2,(H2,16,17,18). The van der Waals surface area contributed by atoms with E-state index >= 15 is 0 Å². The maximum absolute atomic E-state index is 5.37. The zero-order chi connectivity index (χ0) is 12.6. The predicted octanol–water partition coefficient (Wildman–Crippen LogP) is 3.61. The topological polar surface area (TPSA) is 24.1 Å². The summed E-state index contributed by atoms with van der Waals surface area (Å²) >= 11 is 5.37. The molecular formula is C15H28N2S. The number of nitrogens with one attached hydrogen (secondary N) is 2. The molecule has 2 saturated carbocycles. The molecule has 0 aromatic carbocycles. The lowest BCUT2D eigenvalue weighted by Crippen LogP contribution is -2.40. The van der Waals surface area contributed by atoms with Gasteiger partial charge in [-0.15, -0.1) is 0 Å². The van der Waals surface area contributed by atoms with Crippen molar-refractivity contribution in [1.82, 2.24) is 10.6 Å². The van der Waals surface area contributed by atoms with Gasteiger partial charge >= 0.3 is 0 Å². The van der Waals surface area contributed by atoms with Crippen molar-refractivity contribution in [2.45, 2.75) is 64.2 Å². The van der Waals surface area contributed by atoms with E-state index < -0.39 is 0 Å². The molecule has 0 amide bonds. The van der Waals surface area contributed by atoms with Gasteiger partial charge in [0.2, 0.25) is 0 Å². The Labute approximate surface area is 117 Å². The van der Waals surface area contributed by atoms with Gasteiger partial charge in [-0.1, -0.05) is 38.5 Å². The van der Waals surface area contributed by atoms with E-state index in [0.29, 0.717) is 0 Å². The normalized spacial score (nSPS) is 22.7. The molecule has 0 atom stereocenters. The van der Waals surface area contributed by atoms with Gasteiger partial charge < -0.3 is 10.6 Å². The highest BCUT2D eigenvalue weighted by Crippen LogP contribution is 2.23. The molecule has 2 nitrogen and oxygen atoms in total. The average Bonchev–Trinajstić information content (AvgIpc) is 2.45. The van der Waals surface area contributed by atoms with E-state index in [4.69, 9.17) is 12.2 Å². The summed E-state index contributed by atoms with van der Waals surface area (Å²) in [6.07, 6.45) is 14.1. The quantitative estimate of drug-likeness (QED) is 0.762. The summed E-state index contributed by atoms with van der Waals surface area (Å²) in [5, 5.41) is 7.71. The Bertz CT molecular complexity index is 219. The van der Waals surface area contributed by atoms with Gasteiger partial charge in [-0.05, 0) is 49.7 Å². The molecule has 0 spiro atoms. The van der Waals surface area contributed by atoms with Crippen LogP contribution >= 0.6 is 12.2 Å². The van der Waals surface area contributed by atoms with Crippen LogP contribution in [0.3, 0.4) is 0 Å². The first kappa shape index (κ1) is 14.1. The molecule has 2 rings (SSSR count). The molecule has 0 radical (unpaired) electrons. The van der Waals surface area contributed by atoms with E-state index in [2.05, 4.69) is 10.6 Å². The van der Waals surface area contributed by atoms with Crippen LogP contribution in [0.25, 0.3) is 0 Å². The molecule has 0 aromatic heterocycles. The lowest BCUT2D eigenvalue weighted by molar-refractivity contribution is 0.349. The Hall–Kier alpha value is -0.310. The van der Waals surface area contributed by atoms with Gasteiger partial charge in [-0.3, -0.25) is 0 Å². The molecule has 2 N–H and O–H groups in total. The molecule has 0 heterocycles. The SMILES string of the molecule is S=C(NCC1CCCCC1)NCC1CCCCC1. The molecule has 104 valence electrons. The summed E-state index contributed by atoms with van der Waals surface area (Å²) < 4.78 is 0. The molecule has 0 aliphatic heterocycles. The van der Waals surface area contributed by atoms with E-state index in [1.54, 1.807) is 0 Å². The maximum atomic E-state index is 5.37. The molecule has 18 heavy (non-hydrogen) atoms. The van der Waals surface area contributed by atoms with Crippen molar-refractivity contribution in [3.8, 4) is 0 Å². The van der Waals surface area contributed by atoms with Crippen molar-refractivity contribution in [3.05, 3.63) is 0 Å². The second kappa shape index (κ2) is 7.98. The minimum atomic E-state index is 0.855. The minimum Gasteiger partial charge on any atom is -0.362 e. The van der Waals surface area contributed by atoms with Gasteiger partial charge in [-0.25, -0.2) is 0 Å². The molecule has 0 bridgehead atoms. The molecule has 2 fully saturated rings. The highest BCUT2D eigenvalue weighted by molar-refractivity contribution is 7.80. The number of thiocarbonyl (C=S) groups is 1. The summed E-state index contributed by atoms with van der Waals surface area (Å²) in [6, 6.07) is 0. The van der Waals surface area contributed by atoms with E-state index in [1.165, 1.54) is 64.2 Å². The first-order valence-electron chi connectivity index (χ1n) is 7.86. The lowest BCUT2D eigenvalue weighted by Gasteiger charge is -2.25.